The smallest absolute Gasteiger partial charge is 0.421 e. The Hall–Kier alpha value is -1.49. The van der Waals surface area contributed by atoms with E-state index in [-0.39, 0.29) is 5.88 Å². The second-order valence-electron chi connectivity index (χ2n) is 3.19. The highest BCUT2D eigenvalue weighted by atomic mass is 32.1. The van der Waals surface area contributed by atoms with Crippen molar-refractivity contribution >= 4 is 11.3 Å². The number of aromatic hydroxyl groups is 1. The highest BCUT2D eigenvalue weighted by Gasteiger charge is 2.05. The highest BCUT2D eigenvalue weighted by Crippen LogP contribution is 2.12. The molecule has 0 aliphatic rings. The van der Waals surface area contributed by atoms with Crippen LogP contribution < -0.4 is 5.76 Å². The summed E-state index contributed by atoms with van der Waals surface area (Å²) in [5, 5.41) is 11.3. The van der Waals surface area contributed by atoms with Gasteiger partial charge < -0.3 is 9.52 Å². The zero-order chi connectivity index (χ0) is 10.7. The number of aromatic nitrogens is 1. The van der Waals surface area contributed by atoms with Crippen LogP contribution >= 0.6 is 11.3 Å². The van der Waals surface area contributed by atoms with E-state index in [1.165, 1.54) is 9.44 Å². The first-order valence-electron chi connectivity index (χ1n) is 4.67. The normalized spacial score (nSPS) is 10.7. The highest BCUT2D eigenvalue weighted by molar-refractivity contribution is 7.09. The van der Waals surface area contributed by atoms with E-state index < -0.39 is 5.76 Å². The first-order chi connectivity index (χ1) is 7.27. The van der Waals surface area contributed by atoms with E-state index in [0.717, 1.165) is 19.1 Å². The molecular weight excluding hydrogens is 214 g/mol. The van der Waals surface area contributed by atoms with Gasteiger partial charge in [0.1, 0.15) is 0 Å². The maximum Gasteiger partial charge on any atom is 0.421 e. The summed E-state index contributed by atoms with van der Waals surface area (Å²) in [6.45, 7) is 0.485. The second kappa shape index (κ2) is 4.35. The molecule has 0 bridgehead atoms. The minimum Gasteiger partial charge on any atom is -0.492 e. The Morgan fingerprint density at radius 2 is 2.40 bits per heavy atom. The molecule has 1 N–H and O–H groups in total. The fourth-order valence-electron chi connectivity index (χ4n) is 1.40. The lowest BCUT2D eigenvalue weighted by Gasteiger charge is -2.00. The summed E-state index contributed by atoms with van der Waals surface area (Å²) in [6, 6.07) is 4.06. The number of aryl methyl sites for hydroxylation is 1. The van der Waals surface area contributed by atoms with E-state index in [1.807, 2.05) is 11.4 Å². The van der Waals surface area contributed by atoms with E-state index >= 15 is 0 Å². The van der Waals surface area contributed by atoms with Crippen LogP contribution in [0.15, 0.2) is 33.0 Å². The van der Waals surface area contributed by atoms with Crippen molar-refractivity contribution in [1.82, 2.24) is 4.57 Å². The Bertz CT molecular complexity index is 469. The van der Waals surface area contributed by atoms with Crippen molar-refractivity contribution < 1.29 is 9.52 Å². The van der Waals surface area contributed by atoms with Crippen molar-refractivity contribution in [3.05, 3.63) is 39.2 Å². The molecule has 0 saturated heterocycles. The molecule has 2 aromatic heterocycles. The van der Waals surface area contributed by atoms with Gasteiger partial charge in [-0.3, -0.25) is 0 Å². The van der Waals surface area contributed by atoms with Crippen LogP contribution in [0.25, 0.3) is 0 Å². The van der Waals surface area contributed by atoms with Crippen LogP contribution in [0.2, 0.25) is 0 Å². The van der Waals surface area contributed by atoms with Gasteiger partial charge >= 0.3 is 5.76 Å². The molecule has 2 rings (SSSR count). The maximum atomic E-state index is 11.1. The molecule has 0 aliphatic carbocycles. The first-order valence-corrected chi connectivity index (χ1v) is 5.55. The monoisotopic (exact) mass is 225 g/mol. The minimum absolute atomic E-state index is 0.105. The molecule has 80 valence electrons. The number of thiophene rings is 1. The van der Waals surface area contributed by atoms with Gasteiger partial charge in [-0.25, -0.2) is 9.36 Å². The van der Waals surface area contributed by atoms with Crippen molar-refractivity contribution in [2.75, 3.05) is 0 Å². The van der Waals surface area contributed by atoms with Gasteiger partial charge in [-0.1, -0.05) is 6.07 Å². The molecule has 0 atom stereocenters. The molecule has 15 heavy (non-hydrogen) atoms. The molecule has 0 aromatic carbocycles. The van der Waals surface area contributed by atoms with E-state index in [2.05, 4.69) is 10.5 Å². The van der Waals surface area contributed by atoms with Crippen molar-refractivity contribution in [3.8, 4) is 5.88 Å². The number of nitrogens with zero attached hydrogens (tertiary/aromatic N) is 1. The zero-order valence-electron chi connectivity index (χ0n) is 8.05. The molecule has 2 heterocycles. The van der Waals surface area contributed by atoms with Crippen molar-refractivity contribution in [1.29, 1.82) is 0 Å². The van der Waals surface area contributed by atoms with Gasteiger partial charge in [0.25, 0.3) is 0 Å². The van der Waals surface area contributed by atoms with E-state index in [4.69, 9.17) is 0 Å². The lowest BCUT2D eigenvalue weighted by atomic mass is 10.2. The Morgan fingerprint density at radius 1 is 1.53 bits per heavy atom. The van der Waals surface area contributed by atoms with Crippen LogP contribution in [0.3, 0.4) is 0 Å². The number of hydrogen-bond donors (Lipinski definition) is 1. The Labute approximate surface area is 90.4 Å². The third-order valence-corrected chi connectivity index (χ3v) is 3.08. The topological polar surface area (TPSA) is 55.4 Å². The maximum absolute atomic E-state index is 11.1. The molecule has 0 unspecified atom stereocenters. The number of hydrogen-bond acceptors (Lipinski definition) is 4. The fraction of sp³-hybridized carbons (Fsp3) is 0.300. The predicted molar refractivity (Wildman–Crippen MR) is 57.3 cm³/mol. The predicted octanol–water partition coefficient (Wildman–Crippen LogP) is 1.84. The summed E-state index contributed by atoms with van der Waals surface area (Å²) < 4.78 is 5.77. The molecule has 0 radical (unpaired) electrons. The Morgan fingerprint density at radius 3 is 3.00 bits per heavy atom. The second-order valence-corrected chi connectivity index (χ2v) is 4.23. The average molecular weight is 225 g/mol. The van der Waals surface area contributed by atoms with Gasteiger partial charge in [0, 0.05) is 11.4 Å². The number of oxazole rings is 1. The molecular formula is C10H11NO3S. The molecule has 0 saturated carbocycles. The van der Waals surface area contributed by atoms with E-state index in [1.54, 1.807) is 11.3 Å². The molecule has 4 nitrogen and oxygen atoms in total. The van der Waals surface area contributed by atoms with E-state index in [0.29, 0.717) is 6.54 Å². The van der Waals surface area contributed by atoms with Gasteiger partial charge in [0.15, 0.2) is 6.26 Å². The Balaban J connectivity index is 1.91. The largest absolute Gasteiger partial charge is 0.492 e. The van der Waals surface area contributed by atoms with Crippen LogP contribution in [0, 0.1) is 0 Å². The van der Waals surface area contributed by atoms with Gasteiger partial charge in [0.2, 0.25) is 5.88 Å². The van der Waals surface area contributed by atoms with E-state index in [9.17, 15) is 9.90 Å². The van der Waals surface area contributed by atoms with Crippen LogP contribution in [0.4, 0.5) is 0 Å². The van der Waals surface area contributed by atoms with Crippen molar-refractivity contribution in [2.24, 2.45) is 0 Å². The third-order valence-electron chi connectivity index (χ3n) is 2.15. The summed E-state index contributed by atoms with van der Waals surface area (Å²) in [4.78, 5) is 12.4. The molecule has 0 amide bonds. The van der Waals surface area contributed by atoms with Gasteiger partial charge in [-0.2, -0.15) is 0 Å². The van der Waals surface area contributed by atoms with Gasteiger partial charge in [-0.15, -0.1) is 11.3 Å². The van der Waals surface area contributed by atoms with Crippen LogP contribution in [-0.4, -0.2) is 9.67 Å². The standard InChI is InChI=1S/C10H11NO3S/c12-9-7-14-10(13)11(9)5-1-3-8-4-2-6-15-8/h2,4,6-7,12H,1,3,5H2. The first kappa shape index (κ1) is 10.0. The summed E-state index contributed by atoms with van der Waals surface area (Å²) >= 11 is 1.70. The minimum atomic E-state index is -0.501. The third kappa shape index (κ3) is 2.30. The quantitative estimate of drug-likeness (QED) is 0.863. The summed E-state index contributed by atoms with van der Waals surface area (Å²) in [7, 11) is 0. The van der Waals surface area contributed by atoms with Gasteiger partial charge in [-0.05, 0) is 24.3 Å². The zero-order valence-corrected chi connectivity index (χ0v) is 8.87. The average Bonchev–Trinajstić information content (AvgIpc) is 2.82. The van der Waals surface area contributed by atoms with Crippen LogP contribution in [-0.2, 0) is 13.0 Å². The molecule has 0 spiro atoms. The summed E-state index contributed by atoms with van der Waals surface area (Å²) in [5.74, 6) is -0.607. The van der Waals surface area contributed by atoms with Crippen molar-refractivity contribution in [3.63, 3.8) is 0 Å². The molecule has 0 aliphatic heterocycles. The van der Waals surface area contributed by atoms with Crippen molar-refractivity contribution in [2.45, 2.75) is 19.4 Å². The summed E-state index contributed by atoms with van der Waals surface area (Å²) in [6.07, 6.45) is 2.79. The molecule has 0 fully saturated rings. The van der Waals surface area contributed by atoms with Gasteiger partial charge in [0.05, 0.1) is 0 Å². The lowest BCUT2D eigenvalue weighted by molar-refractivity contribution is 0.408. The lowest BCUT2D eigenvalue weighted by Crippen LogP contribution is -2.14. The van der Waals surface area contributed by atoms with Crippen LogP contribution in [0.1, 0.15) is 11.3 Å². The SMILES string of the molecule is O=c1occ(O)n1CCCc1cccs1. The fourth-order valence-corrected chi connectivity index (χ4v) is 2.15. The number of rotatable bonds is 4. The van der Waals surface area contributed by atoms with Crippen LogP contribution in [0.5, 0.6) is 5.88 Å². The Kier molecular flexibility index (Phi) is 2.91. The summed E-state index contributed by atoms with van der Waals surface area (Å²) in [5.41, 5.74) is 0. The molecule has 2 aromatic rings. The molecule has 5 heteroatoms.